The first-order valence-corrected chi connectivity index (χ1v) is 10.6. The molecule has 0 saturated carbocycles. The van der Waals surface area contributed by atoms with Gasteiger partial charge in [0.05, 0.1) is 6.16 Å². The number of benzene rings is 2. The molecule has 0 aliphatic heterocycles. The lowest BCUT2D eigenvalue weighted by Crippen LogP contribution is -2.16. The number of hydrogen-bond donors (Lipinski definition) is 1. The summed E-state index contributed by atoms with van der Waals surface area (Å²) in [5.74, 6) is 0.0753. The third-order valence-electron chi connectivity index (χ3n) is 3.26. The Morgan fingerprint density at radius 3 is 2.29 bits per heavy atom. The van der Waals surface area contributed by atoms with E-state index in [1.54, 1.807) is 0 Å². The summed E-state index contributed by atoms with van der Waals surface area (Å²) in [7, 11) is 0. The average Bonchev–Trinajstić information content (AvgIpc) is 2.44. The number of carbonyl (C=O) groups is 1. The molecule has 0 bridgehead atoms. The Labute approximate surface area is 135 Å². The Balaban J connectivity index is 1.92. The van der Waals surface area contributed by atoms with Crippen molar-refractivity contribution in [2.45, 2.75) is 20.0 Å². The summed E-state index contributed by atoms with van der Waals surface area (Å²) in [5.41, 5.74) is 4.41. The quantitative estimate of drug-likeness (QED) is 0.723. The van der Waals surface area contributed by atoms with Gasteiger partial charge in [0.2, 0.25) is 5.91 Å². The number of carbonyl (C=O) groups excluding carboxylic acids is 1. The fraction of sp³-hybridized carbons (Fsp3) is 0.235. The number of rotatable bonds is 5. The molecule has 2 aromatic carbocycles. The van der Waals surface area contributed by atoms with Gasteiger partial charge in [-0.25, -0.2) is 0 Å². The third-order valence-corrected chi connectivity index (χ3v) is 6.10. The van der Waals surface area contributed by atoms with Gasteiger partial charge in [0.25, 0.3) is 0 Å². The highest BCUT2D eigenvalue weighted by atomic mass is 79.9. The molecule has 1 unspecified atom stereocenters. The lowest BCUT2D eigenvalue weighted by atomic mass is 10.1. The SMILES string of the molecule is Cc1cccc(C)c1NC(=O)CP(Br)Cc1ccccc1. The molecule has 0 heterocycles. The summed E-state index contributed by atoms with van der Waals surface area (Å²) in [6.07, 6.45) is 1.44. The second-order valence-electron chi connectivity index (χ2n) is 5.08. The fourth-order valence-electron chi connectivity index (χ4n) is 2.18. The van der Waals surface area contributed by atoms with Crippen molar-refractivity contribution in [3.05, 3.63) is 65.2 Å². The maximum absolute atomic E-state index is 12.2. The zero-order valence-corrected chi connectivity index (χ0v) is 14.7. The van der Waals surface area contributed by atoms with E-state index in [2.05, 4.69) is 32.9 Å². The van der Waals surface area contributed by atoms with Crippen molar-refractivity contribution in [3.63, 3.8) is 0 Å². The van der Waals surface area contributed by atoms with E-state index in [-0.39, 0.29) is 5.91 Å². The molecule has 1 amide bonds. The Kier molecular flexibility index (Phi) is 5.96. The lowest BCUT2D eigenvalue weighted by molar-refractivity contribution is -0.113. The lowest BCUT2D eigenvalue weighted by Gasteiger charge is -2.14. The molecule has 0 saturated heterocycles. The van der Waals surface area contributed by atoms with E-state index >= 15 is 0 Å². The van der Waals surface area contributed by atoms with Gasteiger partial charge in [-0.1, -0.05) is 64.0 Å². The first kappa shape index (κ1) is 16.2. The molecule has 0 radical (unpaired) electrons. The van der Waals surface area contributed by atoms with Crippen molar-refractivity contribution in [1.29, 1.82) is 0 Å². The van der Waals surface area contributed by atoms with Crippen LogP contribution in [-0.4, -0.2) is 12.1 Å². The molecule has 110 valence electrons. The Morgan fingerprint density at radius 1 is 1.05 bits per heavy atom. The predicted molar refractivity (Wildman–Crippen MR) is 95.4 cm³/mol. The van der Waals surface area contributed by atoms with Gasteiger partial charge in [-0.15, -0.1) is 0 Å². The second-order valence-corrected chi connectivity index (χ2v) is 9.65. The van der Waals surface area contributed by atoms with Crippen LogP contribution in [-0.2, 0) is 11.0 Å². The Bertz CT molecular complexity index is 595. The van der Waals surface area contributed by atoms with Crippen molar-refractivity contribution in [2.75, 3.05) is 11.5 Å². The first-order valence-electron chi connectivity index (χ1n) is 6.87. The van der Waals surface area contributed by atoms with Crippen molar-refractivity contribution in [1.82, 2.24) is 0 Å². The number of nitrogens with one attached hydrogen (secondary N) is 1. The molecular formula is C17H19BrNOP. The maximum atomic E-state index is 12.2. The fourth-order valence-corrected chi connectivity index (χ4v) is 4.85. The van der Waals surface area contributed by atoms with Crippen molar-refractivity contribution in [2.24, 2.45) is 0 Å². The molecule has 0 spiro atoms. The number of amides is 1. The molecule has 4 heteroatoms. The monoisotopic (exact) mass is 363 g/mol. The summed E-state index contributed by atoms with van der Waals surface area (Å²) in [6.45, 7) is 3.52. The van der Waals surface area contributed by atoms with E-state index in [9.17, 15) is 4.79 Å². The molecule has 2 rings (SSSR count). The van der Waals surface area contributed by atoms with Crippen molar-refractivity contribution < 1.29 is 4.79 Å². The zero-order chi connectivity index (χ0) is 15.2. The predicted octanol–water partition coefficient (Wildman–Crippen LogP) is 5.23. The van der Waals surface area contributed by atoms with Crippen LogP contribution >= 0.6 is 22.1 Å². The van der Waals surface area contributed by atoms with Crippen LogP contribution in [0.2, 0.25) is 0 Å². The highest BCUT2D eigenvalue weighted by Crippen LogP contribution is 2.47. The molecule has 0 aliphatic rings. The van der Waals surface area contributed by atoms with Crippen LogP contribution in [0.4, 0.5) is 5.69 Å². The van der Waals surface area contributed by atoms with Crippen LogP contribution in [0.3, 0.4) is 0 Å². The molecule has 1 N–H and O–H groups in total. The van der Waals surface area contributed by atoms with Crippen LogP contribution in [0.5, 0.6) is 0 Å². The summed E-state index contributed by atoms with van der Waals surface area (Å²) in [4.78, 5) is 12.2. The van der Waals surface area contributed by atoms with Gasteiger partial charge in [0.1, 0.15) is 0 Å². The molecule has 2 nitrogen and oxygen atoms in total. The van der Waals surface area contributed by atoms with Gasteiger partial charge in [-0.3, -0.25) is 4.79 Å². The number of para-hydroxylation sites is 1. The summed E-state index contributed by atoms with van der Waals surface area (Å²) in [5, 5.41) is 3.04. The molecule has 1 atom stereocenters. The summed E-state index contributed by atoms with van der Waals surface area (Å²) < 4.78 is 0. The minimum Gasteiger partial charge on any atom is -0.325 e. The summed E-state index contributed by atoms with van der Waals surface area (Å²) >= 11 is 3.67. The van der Waals surface area contributed by atoms with Gasteiger partial charge in [-0.05, 0) is 37.2 Å². The highest BCUT2D eigenvalue weighted by molar-refractivity contribution is 9.39. The molecule has 0 aliphatic carbocycles. The second kappa shape index (κ2) is 7.72. The first-order chi connectivity index (χ1) is 10.1. The molecule has 2 aromatic rings. The summed E-state index contributed by atoms with van der Waals surface area (Å²) in [6, 6.07) is 16.3. The van der Waals surface area contributed by atoms with Gasteiger partial charge in [0.15, 0.2) is 0 Å². The van der Waals surface area contributed by atoms with Crippen LogP contribution < -0.4 is 5.32 Å². The number of anilines is 1. The largest absolute Gasteiger partial charge is 0.325 e. The number of aryl methyl sites for hydroxylation is 2. The van der Waals surface area contributed by atoms with Crippen molar-refractivity contribution >= 4 is 33.7 Å². The van der Waals surface area contributed by atoms with Crippen LogP contribution in [0.15, 0.2) is 48.5 Å². The van der Waals surface area contributed by atoms with Crippen LogP contribution in [0.25, 0.3) is 0 Å². The molecule has 0 aromatic heterocycles. The number of hydrogen-bond acceptors (Lipinski definition) is 1. The van der Waals surface area contributed by atoms with E-state index in [1.165, 1.54) is 5.56 Å². The molecule has 0 fully saturated rings. The molecule has 21 heavy (non-hydrogen) atoms. The van der Waals surface area contributed by atoms with E-state index in [0.29, 0.717) is 6.16 Å². The minimum absolute atomic E-state index is 0.0753. The van der Waals surface area contributed by atoms with Gasteiger partial charge < -0.3 is 5.32 Å². The number of halogens is 1. The van der Waals surface area contributed by atoms with E-state index in [1.807, 2.05) is 50.2 Å². The topological polar surface area (TPSA) is 29.1 Å². The molecular weight excluding hydrogens is 345 g/mol. The highest BCUT2D eigenvalue weighted by Gasteiger charge is 2.13. The van der Waals surface area contributed by atoms with E-state index < -0.39 is 6.62 Å². The normalized spacial score (nSPS) is 12.0. The van der Waals surface area contributed by atoms with Gasteiger partial charge in [0, 0.05) is 11.8 Å². The maximum Gasteiger partial charge on any atom is 0.229 e. The minimum atomic E-state index is -0.511. The van der Waals surface area contributed by atoms with E-state index in [4.69, 9.17) is 0 Å². The van der Waals surface area contributed by atoms with Crippen LogP contribution in [0.1, 0.15) is 16.7 Å². The Morgan fingerprint density at radius 2 is 1.67 bits per heavy atom. The zero-order valence-electron chi connectivity index (χ0n) is 12.3. The van der Waals surface area contributed by atoms with Crippen LogP contribution in [0, 0.1) is 13.8 Å². The smallest absolute Gasteiger partial charge is 0.229 e. The van der Waals surface area contributed by atoms with Crippen molar-refractivity contribution in [3.8, 4) is 0 Å². The van der Waals surface area contributed by atoms with E-state index in [0.717, 1.165) is 23.0 Å². The van der Waals surface area contributed by atoms with Gasteiger partial charge >= 0.3 is 0 Å². The third kappa shape index (κ3) is 4.94. The average molecular weight is 364 g/mol. The Hall–Kier alpha value is -1.18. The van der Waals surface area contributed by atoms with Gasteiger partial charge in [-0.2, -0.15) is 0 Å². The standard InChI is InChI=1S/C17H19BrNOP/c1-13-7-6-8-14(2)17(13)19-16(20)12-21(18)11-15-9-4-3-5-10-15/h3-10H,11-12H2,1-2H3,(H,19,20).